The molecule has 4 rings (SSSR count). The molecule has 1 aromatic carbocycles. The molecule has 1 aliphatic heterocycles. The van der Waals surface area contributed by atoms with Crippen molar-refractivity contribution in [3.05, 3.63) is 47.4 Å². The summed E-state index contributed by atoms with van der Waals surface area (Å²) in [6, 6.07) is 7.98. The molecule has 0 radical (unpaired) electrons. The van der Waals surface area contributed by atoms with Gasteiger partial charge in [0, 0.05) is 18.7 Å². The first-order valence-electron chi connectivity index (χ1n) is 7.98. The fourth-order valence-electron chi connectivity index (χ4n) is 3.16. The van der Waals surface area contributed by atoms with E-state index in [9.17, 15) is 0 Å². The number of rotatable bonds is 3. The van der Waals surface area contributed by atoms with E-state index >= 15 is 0 Å². The van der Waals surface area contributed by atoms with E-state index in [0.29, 0.717) is 0 Å². The van der Waals surface area contributed by atoms with Crippen molar-refractivity contribution in [2.24, 2.45) is 7.05 Å². The Kier molecular flexibility index (Phi) is 4.08. The van der Waals surface area contributed by atoms with E-state index in [-0.39, 0.29) is 12.1 Å². The maximum Gasteiger partial charge on any atom is 0.163 e. The molecule has 0 amide bonds. The molecule has 3 heterocycles. The Morgan fingerprint density at radius 3 is 2.92 bits per heavy atom. The van der Waals surface area contributed by atoms with E-state index in [1.54, 1.807) is 17.2 Å². The first-order chi connectivity index (χ1) is 11.7. The molecule has 0 saturated carbocycles. The molecule has 7 heteroatoms. The van der Waals surface area contributed by atoms with Gasteiger partial charge >= 0.3 is 0 Å². The number of hydrogen-bond donors (Lipinski definition) is 1. The summed E-state index contributed by atoms with van der Waals surface area (Å²) in [5.41, 5.74) is 1.93. The molecule has 124 valence electrons. The molecule has 2 atom stereocenters. The highest BCUT2D eigenvalue weighted by atomic mass is 35.5. The van der Waals surface area contributed by atoms with E-state index in [1.165, 1.54) is 0 Å². The number of hydrogen-bond acceptors (Lipinski definition) is 5. The summed E-state index contributed by atoms with van der Waals surface area (Å²) in [5.74, 6) is 0.794. The van der Waals surface area contributed by atoms with E-state index in [0.717, 1.165) is 46.9 Å². The van der Waals surface area contributed by atoms with E-state index in [1.807, 2.05) is 31.3 Å². The first-order valence-corrected chi connectivity index (χ1v) is 8.36. The van der Waals surface area contributed by atoms with Gasteiger partial charge in [-0.15, -0.1) is 0 Å². The van der Waals surface area contributed by atoms with Crippen LogP contribution in [-0.4, -0.2) is 32.4 Å². The smallest absolute Gasteiger partial charge is 0.163 e. The second-order valence-corrected chi connectivity index (χ2v) is 6.40. The zero-order valence-corrected chi connectivity index (χ0v) is 14.1. The average molecular weight is 344 g/mol. The van der Waals surface area contributed by atoms with Crippen molar-refractivity contribution in [1.82, 2.24) is 19.7 Å². The van der Waals surface area contributed by atoms with Crippen LogP contribution in [0.5, 0.6) is 0 Å². The third kappa shape index (κ3) is 2.83. The Morgan fingerprint density at radius 2 is 2.08 bits per heavy atom. The van der Waals surface area contributed by atoms with Crippen LogP contribution < -0.4 is 5.32 Å². The summed E-state index contributed by atoms with van der Waals surface area (Å²) >= 11 is 6.00. The maximum absolute atomic E-state index is 6.04. The monoisotopic (exact) mass is 343 g/mol. The van der Waals surface area contributed by atoms with Crippen LogP contribution in [0.2, 0.25) is 5.02 Å². The van der Waals surface area contributed by atoms with Crippen LogP contribution in [0.15, 0.2) is 36.8 Å². The fraction of sp³-hybridized carbons (Fsp3) is 0.353. The molecular formula is C17H18ClN5O. The van der Waals surface area contributed by atoms with Crippen molar-refractivity contribution in [2.45, 2.75) is 25.0 Å². The number of aryl methyl sites for hydroxylation is 1. The van der Waals surface area contributed by atoms with Crippen LogP contribution in [-0.2, 0) is 11.8 Å². The van der Waals surface area contributed by atoms with Crippen LogP contribution in [0.25, 0.3) is 11.0 Å². The van der Waals surface area contributed by atoms with Gasteiger partial charge in [-0.1, -0.05) is 23.7 Å². The van der Waals surface area contributed by atoms with Gasteiger partial charge in [-0.3, -0.25) is 4.68 Å². The number of fused-ring (bicyclic) bond motifs is 1. The fourth-order valence-corrected chi connectivity index (χ4v) is 3.29. The van der Waals surface area contributed by atoms with Crippen molar-refractivity contribution in [3.63, 3.8) is 0 Å². The van der Waals surface area contributed by atoms with Gasteiger partial charge < -0.3 is 10.1 Å². The van der Waals surface area contributed by atoms with Gasteiger partial charge in [0.2, 0.25) is 0 Å². The van der Waals surface area contributed by atoms with Crippen LogP contribution in [0.1, 0.15) is 24.5 Å². The summed E-state index contributed by atoms with van der Waals surface area (Å²) in [6.45, 7) is 0.761. The molecule has 0 unspecified atom stereocenters. The molecular weight excluding hydrogens is 326 g/mol. The minimum absolute atomic E-state index is 0.0299. The van der Waals surface area contributed by atoms with Crippen LogP contribution in [0, 0.1) is 0 Å². The van der Waals surface area contributed by atoms with E-state index < -0.39 is 0 Å². The van der Waals surface area contributed by atoms with E-state index in [4.69, 9.17) is 16.3 Å². The summed E-state index contributed by atoms with van der Waals surface area (Å²) in [4.78, 5) is 8.69. The number of ether oxygens (including phenoxy) is 1. The maximum atomic E-state index is 6.04. The molecule has 6 nitrogen and oxygen atoms in total. The SMILES string of the molecule is Cn1ncc2c(N[C@@H]3CCCO[C@H]3c3ccc(Cl)cc3)ncnc21. The Hall–Kier alpha value is -2.18. The summed E-state index contributed by atoms with van der Waals surface area (Å²) in [5, 5.41) is 9.45. The zero-order chi connectivity index (χ0) is 16.5. The number of aromatic nitrogens is 4. The van der Waals surface area contributed by atoms with Gasteiger partial charge in [-0.25, -0.2) is 9.97 Å². The molecule has 1 fully saturated rings. The lowest BCUT2D eigenvalue weighted by molar-refractivity contribution is 0.00559. The molecule has 3 aromatic rings. The summed E-state index contributed by atoms with van der Waals surface area (Å²) in [7, 11) is 1.87. The standard InChI is InChI=1S/C17H18ClN5O/c1-23-17-13(9-21-23)16(19-10-20-17)22-14-3-2-8-24-15(14)11-4-6-12(18)7-5-11/h4-7,9-10,14-15H,2-3,8H2,1H3,(H,19,20,22)/t14-,15+/m1/s1. The highest BCUT2D eigenvalue weighted by Gasteiger charge is 2.28. The number of nitrogens with one attached hydrogen (secondary N) is 1. The molecule has 0 spiro atoms. The van der Waals surface area contributed by atoms with Gasteiger partial charge in [0.25, 0.3) is 0 Å². The zero-order valence-electron chi connectivity index (χ0n) is 13.3. The predicted octanol–water partition coefficient (Wildman–Crippen LogP) is 3.35. The molecule has 1 aliphatic rings. The third-order valence-corrected chi connectivity index (χ3v) is 4.62. The number of nitrogens with zero attached hydrogens (tertiary/aromatic N) is 4. The Labute approximate surface area is 144 Å². The van der Waals surface area contributed by atoms with Crippen molar-refractivity contribution >= 4 is 28.5 Å². The first kappa shape index (κ1) is 15.4. The lowest BCUT2D eigenvalue weighted by Crippen LogP contribution is -2.34. The van der Waals surface area contributed by atoms with Gasteiger partial charge in [0.15, 0.2) is 5.65 Å². The molecule has 0 aliphatic carbocycles. The average Bonchev–Trinajstić information content (AvgIpc) is 2.99. The van der Waals surface area contributed by atoms with Crippen LogP contribution >= 0.6 is 11.6 Å². The molecule has 24 heavy (non-hydrogen) atoms. The van der Waals surface area contributed by atoms with Gasteiger partial charge in [0.05, 0.1) is 17.6 Å². The normalized spacial score (nSPS) is 21.1. The second kappa shape index (κ2) is 6.37. The van der Waals surface area contributed by atoms with Crippen LogP contribution in [0.4, 0.5) is 5.82 Å². The number of benzene rings is 1. The Morgan fingerprint density at radius 1 is 1.25 bits per heavy atom. The summed E-state index contributed by atoms with van der Waals surface area (Å²) < 4.78 is 7.78. The minimum Gasteiger partial charge on any atom is -0.371 e. The van der Waals surface area contributed by atoms with Crippen molar-refractivity contribution < 1.29 is 4.74 Å². The minimum atomic E-state index is -0.0299. The van der Waals surface area contributed by atoms with Crippen molar-refractivity contribution in [1.29, 1.82) is 0 Å². The lowest BCUT2D eigenvalue weighted by atomic mass is 9.96. The number of halogens is 1. The van der Waals surface area contributed by atoms with Crippen molar-refractivity contribution in [2.75, 3.05) is 11.9 Å². The van der Waals surface area contributed by atoms with Crippen molar-refractivity contribution in [3.8, 4) is 0 Å². The number of anilines is 1. The quantitative estimate of drug-likeness (QED) is 0.790. The summed E-state index contributed by atoms with van der Waals surface area (Å²) in [6.07, 6.45) is 5.35. The molecule has 1 saturated heterocycles. The van der Waals surface area contributed by atoms with Crippen LogP contribution in [0.3, 0.4) is 0 Å². The largest absolute Gasteiger partial charge is 0.371 e. The second-order valence-electron chi connectivity index (χ2n) is 5.96. The highest BCUT2D eigenvalue weighted by Crippen LogP contribution is 2.32. The highest BCUT2D eigenvalue weighted by molar-refractivity contribution is 6.30. The molecule has 2 aromatic heterocycles. The predicted molar refractivity (Wildman–Crippen MR) is 93.1 cm³/mol. The molecule has 0 bridgehead atoms. The van der Waals surface area contributed by atoms with E-state index in [2.05, 4.69) is 20.4 Å². The van der Waals surface area contributed by atoms with Gasteiger partial charge in [-0.05, 0) is 30.5 Å². The van der Waals surface area contributed by atoms with Gasteiger partial charge in [0.1, 0.15) is 18.2 Å². The Bertz CT molecular complexity index is 848. The lowest BCUT2D eigenvalue weighted by Gasteiger charge is -2.33. The molecule has 1 N–H and O–H groups in total. The Balaban J connectivity index is 1.64. The third-order valence-electron chi connectivity index (χ3n) is 4.37. The topological polar surface area (TPSA) is 64.9 Å². The van der Waals surface area contributed by atoms with Gasteiger partial charge in [-0.2, -0.15) is 5.10 Å².